The number of nitrogens with zero attached hydrogens (tertiary/aromatic N) is 1. The van der Waals surface area contributed by atoms with Gasteiger partial charge in [0.25, 0.3) is 0 Å². The van der Waals surface area contributed by atoms with E-state index in [1.165, 1.54) is 0 Å². The van der Waals surface area contributed by atoms with E-state index >= 15 is 0 Å². The van der Waals surface area contributed by atoms with E-state index in [1.807, 2.05) is 78.9 Å². The van der Waals surface area contributed by atoms with E-state index in [2.05, 4.69) is 10.6 Å². The summed E-state index contributed by atoms with van der Waals surface area (Å²) in [5.41, 5.74) is 3.64. The molecule has 174 valence electrons. The van der Waals surface area contributed by atoms with Gasteiger partial charge < -0.3 is 15.5 Å². The Morgan fingerprint density at radius 1 is 0.941 bits per heavy atom. The number of hydrogen-bond acceptors (Lipinski definition) is 3. The molecule has 1 fully saturated rings. The molecule has 3 aromatic rings. The van der Waals surface area contributed by atoms with Crippen LogP contribution < -0.4 is 10.6 Å². The number of anilines is 2. The van der Waals surface area contributed by atoms with Crippen LogP contribution in [0.2, 0.25) is 5.02 Å². The zero-order valence-electron chi connectivity index (χ0n) is 18.9. The molecule has 2 N–H and O–H groups in total. The summed E-state index contributed by atoms with van der Waals surface area (Å²) < 4.78 is 0. The maximum absolute atomic E-state index is 12.8. The molecule has 3 aromatic carbocycles. The topological polar surface area (TPSA) is 61.4 Å². The molecular weight excluding hydrogens is 446 g/mol. The highest BCUT2D eigenvalue weighted by atomic mass is 35.5. The number of halogens is 1. The third kappa shape index (κ3) is 6.49. The van der Waals surface area contributed by atoms with Gasteiger partial charge in [0.2, 0.25) is 11.8 Å². The Labute approximate surface area is 205 Å². The second-order valence-corrected chi connectivity index (χ2v) is 8.77. The van der Waals surface area contributed by atoms with Crippen molar-refractivity contribution in [3.8, 4) is 0 Å². The van der Waals surface area contributed by atoms with Crippen molar-refractivity contribution in [1.82, 2.24) is 4.90 Å². The van der Waals surface area contributed by atoms with Crippen molar-refractivity contribution < 1.29 is 9.59 Å². The van der Waals surface area contributed by atoms with Crippen LogP contribution in [0.3, 0.4) is 0 Å². The minimum absolute atomic E-state index is 0.0203. The molecule has 4 rings (SSSR count). The van der Waals surface area contributed by atoms with Gasteiger partial charge in [-0.15, -0.1) is 0 Å². The normalized spacial score (nSPS) is 14.2. The summed E-state index contributed by atoms with van der Waals surface area (Å²) in [6.45, 7) is 1.81. The molecule has 6 heteroatoms. The highest BCUT2D eigenvalue weighted by molar-refractivity contribution is 6.33. The first kappa shape index (κ1) is 23.6. The molecule has 0 bridgehead atoms. The molecule has 0 aromatic heterocycles. The van der Waals surface area contributed by atoms with Crippen molar-refractivity contribution in [1.29, 1.82) is 0 Å². The van der Waals surface area contributed by atoms with Crippen LogP contribution in [-0.4, -0.2) is 29.8 Å². The van der Waals surface area contributed by atoms with Crippen molar-refractivity contribution in [3.63, 3.8) is 0 Å². The first-order valence-corrected chi connectivity index (χ1v) is 11.9. The average Bonchev–Trinajstić information content (AvgIpc) is 2.88. The van der Waals surface area contributed by atoms with Gasteiger partial charge in [0.05, 0.1) is 10.7 Å². The monoisotopic (exact) mass is 473 g/mol. The fourth-order valence-electron chi connectivity index (χ4n) is 3.97. The number of carbonyl (C=O) groups excluding carboxylic acids is 2. The van der Waals surface area contributed by atoms with Gasteiger partial charge >= 0.3 is 0 Å². The Balaban J connectivity index is 1.25. The number of carbonyl (C=O) groups is 2. The molecule has 0 radical (unpaired) electrons. The lowest BCUT2D eigenvalue weighted by atomic mass is 9.95. The first-order valence-electron chi connectivity index (χ1n) is 11.5. The minimum Gasteiger partial charge on any atom is -0.380 e. The summed E-state index contributed by atoms with van der Waals surface area (Å²) in [7, 11) is 0. The average molecular weight is 474 g/mol. The lowest BCUT2D eigenvalue weighted by molar-refractivity contribution is -0.130. The van der Waals surface area contributed by atoms with Crippen molar-refractivity contribution >= 4 is 40.9 Å². The molecule has 0 unspecified atom stereocenters. The molecule has 5 nitrogen and oxygen atoms in total. The second kappa shape index (κ2) is 11.5. The van der Waals surface area contributed by atoms with E-state index in [0.717, 1.165) is 16.8 Å². The number of benzene rings is 3. The third-order valence-corrected chi connectivity index (χ3v) is 6.27. The first-order chi connectivity index (χ1) is 16.6. The van der Waals surface area contributed by atoms with Gasteiger partial charge in [-0.25, -0.2) is 0 Å². The summed E-state index contributed by atoms with van der Waals surface area (Å²) in [6.07, 6.45) is 4.71. The van der Waals surface area contributed by atoms with Gasteiger partial charge in [0.1, 0.15) is 0 Å². The van der Waals surface area contributed by atoms with Gasteiger partial charge in [-0.3, -0.25) is 9.59 Å². The molecule has 1 saturated heterocycles. The zero-order chi connectivity index (χ0) is 23.8. The molecular formula is C28H28ClN3O2. The third-order valence-electron chi connectivity index (χ3n) is 5.96. The Morgan fingerprint density at radius 3 is 2.29 bits per heavy atom. The fourth-order valence-corrected chi connectivity index (χ4v) is 4.22. The SMILES string of the molecule is O=C(Nc1ccc(NCc2ccccc2)c(Cl)c1)C1CCN(C(=O)/C=C/c2ccccc2)CC1. The molecule has 0 spiro atoms. The second-order valence-electron chi connectivity index (χ2n) is 8.37. The summed E-state index contributed by atoms with van der Waals surface area (Å²) >= 11 is 6.43. The predicted octanol–water partition coefficient (Wildman–Crippen LogP) is 5.84. The maximum atomic E-state index is 12.8. The number of piperidine rings is 1. The summed E-state index contributed by atoms with van der Waals surface area (Å²) in [6, 6.07) is 25.3. The van der Waals surface area contributed by atoms with Crippen LogP contribution in [0.1, 0.15) is 24.0 Å². The van der Waals surface area contributed by atoms with E-state index in [0.29, 0.717) is 43.2 Å². The standard InChI is InChI=1S/C28H28ClN3O2/c29-25-19-24(12-13-26(25)30-20-22-9-5-2-6-10-22)31-28(34)23-15-17-32(18-16-23)27(33)14-11-21-7-3-1-4-8-21/h1-14,19,23,30H,15-18,20H2,(H,31,34)/b14-11+. The highest BCUT2D eigenvalue weighted by Crippen LogP contribution is 2.27. The highest BCUT2D eigenvalue weighted by Gasteiger charge is 2.26. The van der Waals surface area contributed by atoms with Crippen LogP contribution in [0.25, 0.3) is 6.08 Å². The number of likely N-dealkylation sites (tertiary alicyclic amines) is 1. The lowest BCUT2D eigenvalue weighted by Crippen LogP contribution is -2.40. The number of amides is 2. The lowest BCUT2D eigenvalue weighted by Gasteiger charge is -2.30. The Bertz CT molecular complexity index is 1140. The van der Waals surface area contributed by atoms with Crippen LogP contribution in [0.5, 0.6) is 0 Å². The van der Waals surface area contributed by atoms with Crippen LogP contribution >= 0.6 is 11.6 Å². The van der Waals surface area contributed by atoms with Gasteiger partial charge in [0, 0.05) is 37.3 Å². The Hall–Kier alpha value is -3.57. The molecule has 1 heterocycles. The summed E-state index contributed by atoms with van der Waals surface area (Å²) in [5, 5.41) is 6.85. The van der Waals surface area contributed by atoms with Crippen LogP contribution in [-0.2, 0) is 16.1 Å². The predicted molar refractivity (Wildman–Crippen MR) is 139 cm³/mol. The van der Waals surface area contributed by atoms with Crippen molar-refractivity contribution in [2.75, 3.05) is 23.7 Å². The Kier molecular flexibility index (Phi) is 7.99. The van der Waals surface area contributed by atoms with E-state index < -0.39 is 0 Å². The van der Waals surface area contributed by atoms with Gasteiger partial charge in [-0.05, 0) is 48.2 Å². The molecule has 1 aliphatic rings. The fraction of sp³-hybridized carbons (Fsp3) is 0.214. The van der Waals surface area contributed by atoms with Crippen LogP contribution in [0.15, 0.2) is 84.9 Å². The minimum atomic E-state index is -0.128. The van der Waals surface area contributed by atoms with E-state index in [-0.39, 0.29) is 17.7 Å². The van der Waals surface area contributed by atoms with Crippen LogP contribution in [0, 0.1) is 5.92 Å². The summed E-state index contributed by atoms with van der Waals surface area (Å²) in [4.78, 5) is 27.0. The van der Waals surface area contributed by atoms with Gasteiger partial charge in [0.15, 0.2) is 0 Å². The number of rotatable bonds is 7. The zero-order valence-corrected chi connectivity index (χ0v) is 19.7. The largest absolute Gasteiger partial charge is 0.380 e. The maximum Gasteiger partial charge on any atom is 0.246 e. The smallest absolute Gasteiger partial charge is 0.246 e. The Morgan fingerprint density at radius 2 is 1.62 bits per heavy atom. The molecule has 1 aliphatic heterocycles. The van der Waals surface area contributed by atoms with Gasteiger partial charge in [-0.2, -0.15) is 0 Å². The number of nitrogens with one attached hydrogen (secondary N) is 2. The quantitative estimate of drug-likeness (QED) is 0.423. The van der Waals surface area contributed by atoms with Crippen molar-refractivity contribution in [2.24, 2.45) is 5.92 Å². The van der Waals surface area contributed by atoms with Crippen molar-refractivity contribution in [3.05, 3.63) is 101 Å². The molecule has 0 atom stereocenters. The molecule has 0 saturated carbocycles. The number of hydrogen-bond donors (Lipinski definition) is 2. The van der Waals surface area contributed by atoms with Crippen LogP contribution in [0.4, 0.5) is 11.4 Å². The van der Waals surface area contributed by atoms with Gasteiger partial charge in [-0.1, -0.05) is 72.3 Å². The van der Waals surface area contributed by atoms with E-state index in [9.17, 15) is 9.59 Å². The molecule has 0 aliphatic carbocycles. The van der Waals surface area contributed by atoms with E-state index in [1.54, 1.807) is 17.0 Å². The summed E-state index contributed by atoms with van der Waals surface area (Å²) in [5.74, 6) is -0.183. The van der Waals surface area contributed by atoms with E-state index in [4.69, 9.17) is 11.6 Å². The molecule has 34 heavy (non-hydrogen) atoms. The molecule has 2 amide bonds. The van der Waals surface area contributed by atoms with Crippen molar-refractivity contribution in [2.45, 2.75) is 19.4 Å².